The second-order valence-electron chi connectivity index (χ2n) is 6.79. The number of pyridine rings is 1. The van der Waals surface area contributed by atoms with Gasteiger partial charge in [-0.3, -0.25) is 0 Å². The number of nitrogens with zero attached hydrogens (tertiary/aromatic N) is 1. The van der Waals surface area contributed by atoms with Gasteiger partial charge in [-0.1, -0.05) is 41.5 Å². The highest BCUT2D eigenvalue weighted by molar-refractivity contribution is 5.82. The first kappa shape index (κ1) is 12.2. The van der Waals surface area contributed by atoms with Crippen molar-refractivity contribution in [1.29, 1.82) is 0 Å². The molecule has 0 aromatic carbocycles. The second kappa shape index (κ2) is 3.59. The molecule has 2 aromatic heterocycles. The molecule has 0 aliphatic rings. The van der Waals surface area contributed by atoms with E-state index in [4.69, 9.17) is 0 Å². The highest BCUT2D eigenvalue weighted by atomic mass is 14.8. The van der Waals surface area contributed by atoms with Gasteiger partial charge in [0.15, 0.2) is 0 Å². The molecule has 92 valence electrons. The molecule has 2 heteroatoms. The lowest BCUT2D eigenvalue weighted by molar-refractivity contribution is 0.532. The molecule has 1 N–H and O–H groups in total. The van der Waals surface area contributed by atoms with Gasteiger partial charge in [0.2, 0.25) is 0 Å². The van der Waals surface area contributed by atoms with Gasteiger partial charge in [-0.2, -0.15) is 0 Å². The topological polar surface area (TPSA) is 28.7 Å². The summed E-state index contributed by atoms with van der Waals surface area (Å²) in [5, 5.41) is 1.25. The van der Waals surface area contributed by atoms with Gasteiger partial charge in [0, 0.05) is 17.8 Å². The van der Waals surface area contributed by atoms with Crippen molar-refractivity contribution in [3.8, 4) is 0 Å². The Hall–Kier alpha value is -1.31. The van der Waals surface area contributed by atoms with Crippen LogP contribution in [0.3, 0.4) is 0 Å². The maximum Gasteiger partial charge on any atom is 0.137 e. The SMILES string of the molecule is CC(C)(C)c1cnc2[nH]ccc2c1C(C)(C)C. The zero-order valence-electron chi connectivity index (χ0n) is 11.7. The quantitative estimate of drug-likeness (QED) is 0.723. The Morgan fingerprint density at radius 1 is 1.00 bits per heavy atom. The van der Waals surface area contributed by atoms with E-state index in [1.165, 1.54) is 16.5 Å². The van der Waals surface area contributed by atoms with Crippen LogP contribution in [0, 0.1) is 0 Å². The van der Waals surface area contributed by atoms with Crippen molar-refractivity contribution in [3.05, 3.63) is 29.6 Å². The molecule has 17 heavy (non-hydrogen) atoms. The maximum absolute atomic E-state index is 4.53. The predicted octanol–water partition coefficient (Wildman–Crippen LogP) is 4.16. The van der Waals surface area contributed by atoms with Crippen LogP contribution in [-0.2, 0) is 10.8 Å². The Morgan fingerprint density at radius 2 is 1.65 bits per heavy atom. The number of nitrogens with one attached hydrogen (secondary N) is 1. The molecular formula is C15H22N2. The molecule has 0 saturated heterocycles. The normalized spacial score (nSPS) is 13.3. The molecule has 0 amide bonds. The summed E-state index contributed by atoms with van der Waals surface area (Å²) < 4.78 is 0. The van der Waals surface area contributed by atoms with Crippen LogP contribution in [0.1, 0.15) is 52.7 Å². The van der Waals surface area contributed by atoms with E-state index >= 15 is 0 Å². The first-order valence-electron chi connectivity index (χ1n) is 6.18. The molecule has 0 aliphatic heterocycles. The summed E-state index contributed by atoms with van der Waals surface area (Å²) in [6.07, 6.45) is 4.00. The van der Waals surface area contributed by atoms with Crippen molar-refractivity contribution in [1.82, 2.24) is 9.97 Å². The molecule has 0 unspecified atom stereocenters. The summed E-state index contributed by atoms with van der Waals surface area (Å²) in [5.74, 6) is 0. The first-order valence-corrected chi connectivity index (χ1v) is 6.18. The summed E-state index contributed by atoms with van der Waals surface area (Å²) in [5.41, 5.74) is 4.00. The molecule has 0 spiro atoms. The van der Waals surface area contributed by atoms with Gasteiger partial charge in [-0.05, 0) is 28.0 Å². The molecule has 0 bridgehead atoms. The van der Waals surface area contributed by atoms with Crippen molar-refractivity contribution in [3.63, 3.8) is 0 Å². The number of aromatic amines is 1. The van der Waals surface area contributed by atoms with E-state index < -0.39 is 0 Å². The molecule has 0 atom stereocenters. The van der Waals surface area contributed by atoms with E-state index in [-0.39, 0.29) is 10.8 Å². The van der Waals surface area contributed by atoms with Crippen LogP contribution in [0.2, 0.25) is 0 Å². The predicted molar refractivity (Wildman–Crippen MR) is 73.5 cm³/mol. The second-order valence-corrected chi connectivity index (χ2v) is 6.79. The van der Waals surface area contributed by atoms with Crippen molar-refractivity contribution in [2.75, 3.05) is 0 Å². The van der Waals surface area contributed by atoms with Crippen LogP contribution >= 0.6 is 0 Å². The molecule has 0 aliphatic carbocycles. The van der Waals surface area contributed by atoms with Crippen molar-refractivity contribution in [2.45, 2.75) is 52.4 Å². The Morgan fingerprint density at radius 3 is 2.18 bits per heavy atom. The molecular weight excluding hydrogens is 208 g/mol. The number of fused-ring (bicyclic) bond motifs is 1. The van der Waals surface area contributed by atoms with E-state index in [1.54, 1.807) is 0 Å². The van der Waals surface area contributed by atoms with E-state index in [9.17, 15) is 0 Å². The first-order chi connectivity index (χ1) is 7.71. The maximum atomic E-state index is 4.53. The monoisotopic (exact) mass is 230 g/mol. The van der Waals surface area contributed by atoms with E-state index in [2.05, 4.69) is 57.6 Å². The van der Waals surface area contributed by atoms with Gasteiger partial charge >= 0.3 is 0 Å². The third-order valence-electron chi connectivity index (χ3n) is 3.14. The Bertz CT molecular complexity index is 536. The Balaban J connectivity index is 2.85. The number of aromatic nitrogens is 2. The average Bonchev–Trinajstić information content (AvgIpc) is 2.59. The molecule has 2 nitrogen and oxygen atoms in total. The number of hydrogen-bond acceptors (Lipinski definition) is 1. The van der Waals surface area contributed by atoms with Crippen LogP contribution in [0.25, 0.3) is 11.0 Å². The minimum Gasteiger partial charge on any atom is -0.346 e. The van der Waals surface area contributed by atoms with Crippen LogP contribution in [-0.4, -0.2) is 9.97 Å². The molecule has 2 rings (SSSR count). The minimum absolute atomic E-state index is 0.126. The largest absolute Gasteiger partial charge is 0.346 e. The van der Waals surface area contributed by atoms with Crippen LogP contribution < -0.4 is 0 Å². The third kappa shape index (κ3) is 2.08. The number of H-pyrrole nitrogens is 1. The van der Waals surface area contributed by atoms with Crippen molar-refractivity contribution >= 4 is 11.0 Å². The van der Waals surface area contributed by atoms with E-state index in [1.807, 2.05) is 12.4 Å². The van der Waals surface area contributed by atoms with Crippen molar-refractivity contribution < 1.29 is 0 Å². The number of hydrogen-bond donors (Lipinski definition) is 1. The molecule has 0 radical (unpaired) electrons. The summed E-state index contributed by atoms with van der Waals surface area (Å²) >= 11 is 0. The fourth-order valence-electron chi connectivity index (χ4n) is 2.38. The summed E-state index contributed by atoms with van der Waals surface area (Å²) in [6, 6.07) is 2.14. The van der Waals surface area contributed by atoms with Crippen LogP contribution in [0.4, 0.5) is 0 Å². The van der Waals surface area contributed by atoms with Crippen LogP contribution in [0.15, 0.2) is 18.5 Å². The average molecular weight is 230 g/mol. The zero-order chi connectivity index (χ0) is 12.8. The standard InChI is InChI=1S/C15H22N2/c1-14(2,3)11-9-17-13-10(7-8-16-13)12(11)15(4,5)6/h7-9H,1-6H3,(H,16,17). The third-order valence-corrected chi connectivity index (χ3v) is 3.14. The lowest BCUT2D eigenvalue weighted by Gasteiger charge is -2.30. The summed E-state index contributed by atoms with van der Waals surface area (Å²) in [7, 11) is 0. The van der Waals surface area contributed by atoms with Gasteiger partial charge in [0.1, 0.15) is 5.65 Å². The fraction of sp³-hybridized carbons (Fsp3) is 0.533. The van der Waals surface area contributed by atoms with Gasteiger partial charge in [0.25, 0.3) is 0 Å². The summed E-state index contributed by atoms with van der Waals surface area (Å²) in [4.78, 5) is 7.73. The molecule has 2 heterocycles. The fourth-order valence-corrected chi connectivity index (χ4v) is 2.38. The van der Waals surface area contributed by atoms with E-state index in [0.717, 1.165) is 5.65 Å². The van der Waals surface area contributed by atoms with Gasteiger partial charge in [-0.25, -0.2) is 4.98 Å². The Kier molecular flexibility index (Phi) is 2.57. The van der Waals surface area contributed by atoms with E-state index in [0.29, 0.717) is 0 Å². The lowest BCUT2D eigenvalue weighted by Crippen LogP contribution is -2.22. The van der Waals surface area contributed by atoms with Gasteiger partial charge in [-0.15, -0.1) is 0 Å². The lowest BCUT2D eigenvalue weighted by atomic mass is 9.75. The van der Waals surface area contributed by atoms with Gasteiger partial charge in [0.05, 0.1) is 0 Å². The highest BCUT2D eigenvalue weighted by Crippen LogP contribution is 2.37. The zero-order valence-corrected chi connectivity index (χ0v) is 11.7. The minimum atomic E-state index is 0.126. The van der Waals surface area contributed by atoms with Crippen molar-refractivity contribution in [2.24, 2.45) is 0 Å². The molecule has 2 aromatic rings. The molecule has 0 fully saturated rings. The molecule has 0 saturated carbocycles. The number of rotatable bonds is 0. The summed E-state index contributed by atoms with van der Waals surface area (Å²) in [6.45, 7) is 13.5. The Labute approximate surface area is 103 Å². The highest BCUT2D eigenvalue weighted by Gasteiger charge is 2.27. The van der Waals surface area contributed by atoms with Crippen LogP contribution in [0.5, 0.6) is 0 Å². The van der Waals surface area contributed by atoms with Gasteiger partial charge < -0.3 is 4.98 Å². The smallest absolute Gasteiger partial charge is 0.137 e.